The molecule has 4 amide bonds. The summed E-state index contributed by atoms with van der Waals surface area (Å²) in [6.07, 6.45) is 1.33. The number of rotatable bonds is 5. The zero-order valence-electron chi connectivity index (χ0n) is 13.2. The molecule has 1 aliphatic heterocycles. The molecule has 0 aliphatic carbocycles. The highest BCUT2D eigenvalue weighted by Crippen LogP contribution is 2.19. The topological polar surface area (TPSA) is 101 Å². The largest absolute Gasteiger partial charge is 0.334 e. The molecule has 128 valence electrons. The number of imide groups is 2. The van der Waals surface area contributed by atoms with Gasteiger partial charge in [0.2, 0.25) is 0 Å². The van der Waals surface area contributed by atoms with Crippen LogP contribution in [0.3, 0.4) is 0 Å². The molecule has 0 spiro atoms. The summed E-state index contributed by atoms with van der Waals surface area (Å²) in [7, 11) is 0. The fourth-order valence-corrected chi connectivity index (χ4v) is 2.40. The van der Waals surface area contributed by atoms with Crippen LogP contribution >= 0.6 is 0 Å². The maximum Gasteiger partial charge on any atom is 0.334 e. The van der Waals surface area contributed by atoms with E-state index in [1.165, 1.54) is 18.2 Å². The highest BCUT2D eigenvalue weighted by atomic mass is 19.1. The van der Waals surface area contributed by atoms with E-state index in [0.717, 1.165) is 15.1 Å². The number of nitrogens with zero attached hydrogens (tertiary/aromatic N) is 6. The molecule has 0 unspecified atom stereocenters. The number of hydrogen-bond donors (Lipinski definition) is 0. The average molecular weight is 344 g/mol. The van der Waals surface area contributed by atoms with Crippen molar-refractivity contribution in [1.82, 2.24) is 30.0 Å². The van der Waals surface area contributed by atoms with Crippen molar-refractivity contribution in [3.63, 3.8) is 0 Å². The summed E-state index contributed by atoms with van der Waals surface area (Å²) in [5, 5.41) is 10.9. The monoisotopic (exact) mass is 344 g/mol. The van der Waals surface area contributed by atoms with Gasteiger partial charge in [-0.25, -0.2) is 14.1 Å². The lowest BCUT2D eigenvalue weighted by atomic mass is 10.2. The van der Waals surface area contributed by atoms with Gasteiger partial charge in [-0.05, 0) is 35.0 Å². The van der Waals surface area contributed by atoms with Gasteiger partial charge in [-0.2, -0.15) is 4.68 Å². The van der Waals surface area contributed by atoms with Gasteiger partial charge in [-0.3, -0.25) is 14.5 Å². The second-order valence-corrected chi connectivity index (χ2v) is 5.34. The van der Waals surface area contributed by atoms with Crippen LogP contribution in [0.5, 0.6) is 0 Å². The Kier molecular flexibility index (Phi) is 4.09. The van der Waals surface area contributed by atoms with Crippen molar-refractivity contribution < 1.29 is 18.8 Å². The highest BCUT2D eigenvalue weighted by Gasteiger charge is 2.44. The Balaban J connectivity index is 1.93. The summed E-state index contributed by atoms with van der Waals surface area (Å²) >= 11 is 0. The van der Waals surface area contributed by atoms with E-state index < -0.39 is 23.7 Å². The zero-order chi connectivity index (χ0) is 18.1. The first-order valence-corrected chi connectivity index (χ1v) is 7.26. The van der Waals surface area contributed by atoms with Gasteiger partial charge in [-0.15, -0.1) is 11.7 Å². The summed E-state index contributed by atoms with van der Waals surface area (Å²) in [6.45, 7) is 4.76. The lowest BCUT2D eigenvalue weighted by Gasteiger charge is -2.14. The minimum atomic E-state index is -0.994. The normalized spacial score (nSPS) is 14.6. The van der Waals surface area contributed by atoms with E-state index in [0.29, 0.717) is 4.90 Å². The van der Waals surface area contributed by atoms with Gasteiger partial charge in [0.1, 0.15) is 11.5 Å². The van der Waals surface area contributed by atoms with Gasteiger partial charge >= 0.3 is 17.8 Å². The maximum atomic E-state index is 14.1. The molecule has 25 heavy (non-hydrogen) atoms. The number of amides is 4. The minimum absolute atomic E-state index is 0.0412. The van der Waals surface area contributed by atoms with E-state index in [2.05, 4.69) is 22.1 Å². The Hall–Kier alpha value is -3.43. The molecule has 1 aromatic heterocycles. The molecule has 0 bridgehead atoms. The summed E-state index contributed by atoms with van der Waals surface area (Å²) in [5.74, 6) is -2.47. The molecule has 1 aromatic carbocycles. The van der Waals surface area contributed by atoms with Gasteiger partial charge in [0.05, 0.1) is 6.54 Å². The van der Waals surface area contributed by atoms with E-state index in [9.17, 15) is 18.8 Å². The van der Waals surface area contributed by atoms with E-state index in [1.807, 2.05) is 0 Å². The summed E-state index contributed by atoms with van der Waals surface area (Å²) in [4.78, 5) is 37.6. The fraction of sp³-hybridized carbons (Fsp3) is 0.200. The second kappa shape index (κ2) is 6.23. The van der Waals surface area contributed by atoms with Gasteiger partial charge in [0.25, 0.3) is 0 Å². The van der Waals surface area contributed by atoms with Crippen LogP contribution in [0.2, 0.25) is 0 Å². The third-order valence-corrected chi connectivity index (χ3v) is 3.61. The summed E-state index contributed by atoms with van der Waals surface area (Å²) < 4.78 is 15.2. The number of benzene rings is 1. The Bertz CT molecular complexity index is 893. The molecule has 9 nitrogen and oxygen atoms in total. The molecular weight excluding hydrogens is 331 g/mol. The zero-order valence-corrected chi connectivity index (χ0v) is 13.2. The van der Waals surface area contributed by atoms with Gasteiger partial charge < -0.3 is 0 Å². The van der Waals surface area contributed by atoms with Crippen LogP contribution in [0.15, 0.2) is 30.9 Å². The van der Waals surface area contributed by atoms with E-state index in [1.54, 1.807) is 13.0 Å². The number of urea groups is 1. The van der Waals surface area contributed by atoms with Crippen molar-refractivity contribution in [3.8, 4) is 5.69 Å². The van der Waals surface area contributed by atoms with Crippen molar-refractivity contribution in [3.05, 3.63) is 48.1 Å². The summed E-state index contributed by atoms with van der Waals surface area (Å²) in [6, 6.07) is 3.58. The Labute approximate surface area is 141 Å². The van der Waals surface area contributed by atoms with Crippen molar-refractivity contribution in [1.29, 1.82) is 0 Å². The Morgan fingerprint density at radius 2 is 1.92 bits per heavy atom. The highest BCUT2D eigenvalue weighted by molar-refractivity contribution is 6.44. The first-order chi connectivity index (χ1) is 11.9. The fourth-order valence-electron chi connectivity index (χ4n) is 2.40. The van der Waals surface area contributed by atoms with Crippen molar-refractivity contribution >= 4 is 17.8 Å². The van der Waals surface area contributed by atoms with Crippen molar-refractivity contribution in [2.45, 2.75) is 13.5 Å². The molecule has 2 heterocycles. The van der Waals surface area contributed by atoms with Crippen LogP contribution < -0.4 is 0 Å². The minimum Gasteiger partial charge on any atom is -0.263 e. The number of hydrogen-bond acceptors (Lipinski definition) is 6. The van der Waals surface area contributed by atoms with E-state index in [4.69, 9.17) is 0 Å². The Morgan fingerprint density at radius 1 is 1.20 bits per heavy atom. The number of aryl methyl sites for hydroxylation is 1. The third kappa shape index (κ3) is 2.77. The van der Waals surface area contributed by atoms with E-state index in [-0.39, 0.29) is 24.6 Å². The molecule has 0 atom stereocenters. The van der Waals surface area contributed by atoms with Crippen LogP contribution in [0.4, 0.5) is 9.18 Å². The third-order valence-electron chi connectivity index (χ3n) is 3.61. The number of halogens is 1. The predicted molar refractivity (Wildman–Crippen MR) is 81.7 cm³/mol. The molecule has 10 heteroatoms. The van der Waals surface area contributed by atoms with Gasteiger partial charge in [0.15, 0.2) is 5.82 Å². The molecule has 1 fully saturated rings. The summed E-state index contributed by atoms with van der Waals surface area (Å²) in [5.41, 5.74) is 0.854. The Morgan fingerprint density at radius 3 is 2.64 bits per heavy atom. The van der Waals surface area contributed by atoms with Gasteiger partial charge in [-0.1, -0.05) is 12.1 Å². The quantitative estimate of drug-likeness (QED) is 0.447. The van der Waals surface area contributed by atoms with E-state index >= 15 is 0 Å². The SMILES string of the molecule is C=CCN1C(=O)C(=O)N(Cc2nnnn2-c2cc(C)ccc2F)C1=O. The van der Waals surface area contributed by atoms with Crippen molar-refractivity contribution in [2.75, 3.05) is 6.54 Å². The lowest BCUT2D eigenvalue weighted by Crippen LogP contribution is -2.33. The molecule has 3 rings (SSSR count). The smallest absolute Gasteiger partial charge is 0.263 e. The first kappa shape index (κ1) is 16.4. The molecular formula is C15H13FN6O3. The number of carbonyl (C=O) groups is 3. The molecule has 1 aliphatic rings. The predicted octanol–water partition coefficient (Wildman–Crippen LogP) is 0.587. The van der Waals surface area contributed by atoms with Crippen LogP contribution in [0.1, 0.15) is 11.4 Å². The molecule has 0 radical (unpaired) electrons. The van der Waals surface area contributed by atoms with Crippen LogP contribution in [-0.2, 0) is 16.1 Å². The lowest BCUT2D eigenvalue weighted by molar-refractivity contribution is -0.143. The molecule has 0 saturated carbocycles. The number of aromatic nitrogens is 4. The molecule has 1 saturated heterocycles. The number of carbonyl (C=O) groups excluding carboxylic acids is 3. The standard InChI is InChI=1S/C15H13FN6O3/c1-3-6-20-13(23)14(24)21(15(20)25)8-12-17-18-19-22(12)11-7-9(2)4-5-10(11)16/h3-5,7H,1,6,8H2,2H3. The second-order valence-electron chi connectivity index (χ2n) is 5.34. The van der Waals surface area contributed by atoms with Crippen molar-refractivity contribution in [2.24, 2.45) is 0 Å². The molecule has 2 aromatic rings. The van der Waals surface area contributed by atoms with Crippen LogP contribution in [0, 0.1) is 12.7 Å². The average Bonchev–Trinajstić information content (AvgIpc) is 3.12. The number of tetrazole rings is 1. The maximum absolute atomic E-state index is 14.1. The van der Waals surface area contributed by atoms with Crippen LogP contribution in [-0.4, -0.2) is 54.4 Å². The van der Waals surface area contributed by atoms with Gasteiger partial charge in [0, 0.05) is 6.54 Å². The molecule has 0 N–H and O–H groups in total. The first-order valence-electron chi connectivity index (χ1n) is 7.26. The van der Waals surface area contributed by atoms with Crippen LogP contribution in [0.25, 0.3) is 5.69 Å².